The van der Waals surface area contributed by atoms with Crippen LogP contribution < -0.4 is 11.1 Å². The van der Waals surface area contributed by atoms with Gasteiger partial charge in [-0.15, -0.1) is 0 Å². The number of hydrogen-bond donors (Lipinski definition) is 2. The van der Waals surface area contributed by atoms with Gasteiger partial charge in [0.2, 0.25) is 0 Å². The Morgan fingerprint density at radius 2 is 2.00 bits per heavy atom. The number of hydrogen-bond acceptors (Lipinski definition) is 4. The zero-order valence-electron chi connectivity index (χ0n) is 11.2. The number of aromatic carboxylic acids is 1. The molecule has 110 valence electrons. The summed E-state index contributed by atoms with van der Waals surface area (Å²) in [5.74, 6) is -1.07. The van der Waals surface area contributed by atoms with Gasteiger partial charge in [0.25, 0.3) is 0 Å². The third-order valence-corrected chi connectivity index (χ3v) is 3.72. The van der Waals surface area contributed by atoms with Gasteiger partial charge in [0.15, 0.2) is 0 Å². The number of ether oxygens (including phenoxy) is 1. The van der Waals surface area contributed by atoms with Crippen LogP contribution in [0.2, 0.25) is 0 Å². The van der Waals surface area contributed by atoms with Crippen molar-refractivity contribution in [1.82, 2.24) is 9.55 Å². The lowest BCUT2D eigenvalue weighted by molar-refractivity contribution is 0.0688. The molecule has 1 saturated heterocycles. The van der Waals surface area contributed by atoms with Gasteiger partial charge >= 0.3 is 17.1 Å². The second-order valence-corrected chi connectivity index (χ2v) is 5.01. The first-order valence-electron chi connectivity index (χ1n) is 6.67. The van der Waals surface area contributed by atoms with Crippen molar-refractivity contribution in [2.45, 2.75) is 18.9 Å². The molecule has 7 nitrogen and oxygen atoms in total. The Labute approximate surface area is 118 Å². The van der Waals surface area contributed by atoms with Crippen molar-refractivity contribution in [3.8, 4) is 0 Å². The number of carbonyl (C=O) groups is 1. The van der Waals surface area contributed by atoms with Crippen LogP contribution in [0.5, 0.6) is 0 Å². The summed E-state index contributed by atoms with van der Waals surface area (Å²) in [6, 6.07) is 4.18. The van der Waals surface area contributed by atoms with Crippen molar-refractivity contribution in [3.63, 3.8) is 0 Å². The Balaban J connectivity index is 2.30. The molecule has 2 N–H and O–H groups in total. The van der Waals surface area contributed by atoms with Gasteiger partial charge in [0.1, 0.15) is 0 Å². The highest BCUT2D eigenvalue weighted by Crippen LogP contribution is 2.23. The molecule has 1 aliphatic heterocycles. The van der Waals surface area contributed by atoms with Crippen molar-refractivity contribution in [1.29, 1.82) is 0 Å². The fourth-order valence-electron chi connectivity index (χ4n) is 2.67. The second-order valence-electron chi connectivity index (χ2n) is 5.01. The molecule has 1 aromatic heterocycles. The average Bonchev–Trinajstić information content (AvgIpc) is 2.49. The van der Waals surface area contributed by atoms with E-state index in [2.05, 4.69) is 4.98 Å². The number of nitrogens with zero attached hydrogens (tertiary/aromatic N) is 1. The van der Waals surface area contributed by atoms with Crippen LogP contribution in [-0.4, -0.2) is 33.8 Å². The molecule has 2 heterocycles. The summed E-state index contributed by atoms with van der Waals surface area (Å²) < 4.78 is 6.68. The lowest BCUT2D eigenvalue weighted by atomic mass is 10.1. The molecule has 0 unspecified atom stereocenters. The van der Waals surface area contributed by atoms with Crippen LogP contribution >= 0.6 is 0 Å². The first-order chi connectivity index (χ1) is 10.1. The summed E-state index contributed by atoms with van der Waals surface area (Å²) in [7, 11) is 0. The quantitative estimate of drug-likeness (QED) is 0.794. The molecule has 7 heteroatoms. The largest absolute Gasteiger partial charge is 0.478 e. The van der Waals surface area contributed by atoms with E-state index < -0.39 is 17.1 Å². The van der Waals surface area contributed by atoms with E-state index >= 15 is 0 Å². The Bertz CT molecular complexity index is 814. The number of nitrogens with one attached hydrogen (secondary N) is 1. The number of aromatic nitrogens is 2. The van der Waals surface area contributed by atoms with Crippen molar-refractivity contribution in [2.75, 3.05) is 13.2 Å². The summed E-state index contributed by atoms with van der Waals surface area (Å²) in [6.45, 7) is 1.04. The van der Waals surface area contributed by atoms with E-state index in [4.69, 9.17) is 9.84 Å². The van der Waals surface area contributed by atoms with E-state index in [1.165, 1.54) is 22.8 Å². The highest BCUT2D eigenvalue weighted by molar-refractivity contribution is 5.92. The first kappa shape index (κ1) is 13.6. The maximum Gasteiger partial charge on any atom is 0.335 e. The van der Waals surface area contributed by atoms with Gasteiger partial charge in [0, 0.05) is 19.3 Å². The van der Waals surface area contributed by atoms with E-state index in [0.717, 1.165) is 0 Å². The molecule has 0 bridgehead atoms. The van der Waals surface area contributed by atoms with E-state index in [1.54, 1.807) is 0 Å². The lowest BCUT2D eigenvalue weighted by Crippen LogP contribution is -2.39. The van der Waals surface area contributed by atoms with E-state index in [1.807, 2.05) is 0 Å². The Kier molecular flexibility index (Phi) is 3.34. The second kappa shape index (κ2) is 5.17. The van der Waals surface area contributed by atoms with Crippen LogP contribution in [0, 0.1) is 0 Å². The molecule has 1 aliphatic rings. The normalized spacial score (nSPS) is 16.2. The third kappa shape index (κ3) is 2.36. The molecule has 0 aliphatic carbocycles. The molecule has 0 amide bonds. The Hall–Kier alpha value is -2.41. The predicted octanol–water partition coefficient (Wildman–Crippen LogP) is 0.739. The van der Waals surface area contributed by atoms with Crippen molar-refractivity contribution >= 4 is 17.0 Å². The molecule has 0 radical (unpaired) electrons. The van der Waals surface area contributed by atoms with Gasteiger partial charge in [-0.25, -0.2) is 4.79 Å². The van der Waals surface area contributed by atoms with E-state index in [9.17, 15) is 14.4 Å². The minimum Gasteiger partial charge on any atom is -0.478 e. The molecular weight excluding hydrogens is 276 g/mol. The minimum absolute atomic E-state index is 0.0785. The van der Waals surface area contributed by atoms with Gasteiger partial charge < -0.3 is 14.8 Å². The van der Waals surface area contributed by atoms with Crippen LogP contribution in [0.4, 0.5) is 0 Å². The fourth-order valence-corrected chi connectivity index (χ4v) is 2.67. The highest BCUT2D eigenvalue weighted by atomic mass is 16.5. The summed E-state index contributed by atoms with van der Waals surface area (Å²) in [5, 5.41) is 9.09. The lowest BCUT2D eigenvalue weighted by Gasteiger charge is -2.25. The molecule has 0 saturated carbocycles. The predicted molar refractivity (Wildman–Crippen MR) is 74.9 cm³/mol. The number of rotatable bonds is 2. The van der Waals surface area contributed by atoms with E-state index in [-0.39, 0.29) is 11.6 Å². The zero-order chi connectivity index (χ0) is 15.0. The molecule has 1 fully saturated rings. The molecule has 3 rings (SSSR count). The molecule has 0 atom stereocenters. The summed E-state index contributed by atoms with van der Waals surface area (Å²) in [5.41, 5.74) is -0.383. The van der Waals surface area contributed by atoms with Crippen LogP contribution in [0.25, 0.3) is 11.0 Å². The van der Waals surface area contributed by atoms with Crippen molar-refractivity contribution < 1.29 is 14.6 Å². The van der Waals surface area contributed by atoms with E-state index in [0.29, 0.717) is 37.1 Å². The number of benzene rings is 1. The van der Waals surface area contributed by atoms with Gasteiger partial charge in [-0.2, -0.15) is 0 Å². The standard InChI is InChI=1S/C14H14N2O5/c17-12-13(18)16(9-3-5-21-6-4-9)11-7-8(14(19)20)1-2-10(11)15-12/h1-2,7,9H,3-6H2,(H,15,17)(H,19,20). The Morgan fingerprint density at radius 1 is 1.29 bits per heavy atom. The summed E-state index contributed by atoms with van der Waals surface area (Å²) in [6.07, 6.45) is 1.24. The average molecular weight is 290 g/mol. The first-order valence-corrected chi connectivity index (χ1v) is 6.67. The molecule has 2 aromatic rings. The monoisotopic (exact) mass is 290 g/mol. The fraction of sp³-hybridized carbons (Fsp3) is 0.357. The van der Waals surface area contributed by atoms with Gasteiger partial charge in [0.05, 0.1) is 16.6 Å². The highest BCUT2D eigenvalue weighted by Gasteiger charge is 2.21. The number of aromatic amines is 1. The zero-order valence-corrected chi connectivity index (χ0v) is 11.2. The molecule has 0 spiro atoms. The Morgan fingerprint density at radius 3 is 2.67 bits per heavy atom. The van der Waals surface area contributed by atoms with Gasteiger partial charge in [-0.1, -0.05) is 0 Å². The molecular formula is C14H14N2O5. The number of H-pyrrole nitrogens is 1. The smallest absolute Gasteiger partial charge is 0.335 e. The van der Waals surface area contributed by atoms with Crippen LogP contribution in [-0.2, 0) is 4.74 Å². The maximum absolute atomic E-state index is 12.2. The third-order valence-electron chi connectivity index (χ3n) is 3.72. The SMILES string of the molecule is O=C(O)c1ccc2[nH]c(=O)c(=O)n(C3CCOCC3)c2c1. The van der Waals surface area contributed by atoms with Crippen molar-refractivity contribution in [2.24, 2.45) is 0 Å². The number of fused-ring (bicyclic) bond motifs is 1. The van der Waals surface area contributed by atoms with Gasteiger partial charge in [-0.3, -0.25) is 14.2 Å². The minimum atomic E-state index is -1.07. The number of carboxylic acids is 1. The molecule has 1 aromatic carbocycles. The number of carboxylic acid groups (broad SMARTS) is 1. The van der Waals surface area contributed by atoms with Crippen LogP contribution in [0.15, 0.2) is 27.8 Å². The van der Waals surface area contributed by atoms with Crippen molar-refractivity contribution in [3.05, 3.63) is 44.5 Å². The van der Waals surface area contributed by atoms with Crippen LogP contribution in [0.1, 0.15) is 29.2 Å². The summed E-state index contributed by atoms with van der Waals surface area (Å²) in [4.78, 5) is 37.6. The van der Waals surface area contributed by atoms with Gasteiger partial charge in [-0.05, 0) is 31.0 Å². The topological polar surface area (TPSA) is 101 Å². The molecule has 21 heavy (non-hydrogen) atoms. The summed E-state index contributed by atoms with van der Waals surface area (Å²) >= 11 is 0. The maximum atomic E-state index is 12.2. The van der Waals surface area contributed by atoms with Crippen LogP contribution in [0.3, 0.4) is 0 Å².